The highest BCUT2D eigenvalue weighted by molar-refractivity contribution is 5.34. The van der Waals surface area contributed by atoms with Crippen molar-refractivity contribution in [1.29, 1.82) is 0 Å². The van der Waals surface area contributed by atoms with E-state index in [-0.39, 0.29) is 0 Å². The van der Waals surface area contributed by atoms with E-state index in [9.17, 15) is 0 Å². The molecule has 0 bridgehead atoms. The molecule has 0 aromatic rings. The first kappa shape index (κ1) is 8.34. The Morgan fingerprint density at radius 3 is 2.67 bits per heavy atom. The molecule has 0 radical (unpaired) electrons. The smallest absolute Gasteiger partial charge is 0.0135 e. The van der Waals surface area contributed by atoms with E-state index in [0.717, 1.165) is 17.8 Å². The molecule has 0 aliphatic heterocycles. The van der Waals surface area contributed by atoms with Crippen LogP contribution in [0.2, 0.25) is 0 Å². The molecule has 0 heterocycles. The lowest BCUT2D eigenvalue weighted by Gasteiger charge is -2.16. The summed E-state index contributed by atoms with van der Waals surface area (Å²) < 4.78 is 0. The average Bonchev–Trinajstić information content (AvgIpc) is 2.49. The van der Waals surface area contributed by atoms with Crippen LogP contribution in [0, 0.1) is 17.8 Å². The molecule has 68 valence electrons. The zero-order valence-electron chi connectivity index (χ0n) is 8.56. The van der Waals surface area contributed by atoms with Crippen LogP contribution in [0.3, 0.4) is 0 Å². The SMILES string of the molecule is CCCCC1C2CC(=C(C)C)C12. The van der Waals surface area contributed by atoms with Gasteiger partial charge >= 0.3 is 0 Å². The summed E-state index contributed by atoms with van der Waals surface area (Å²) in [5.74, 6) is 3.29. The van der Waals surface area contributed by atoms with Gasteiger partial charge in [0.05, 0.1) is 0 Å². The molecule has 0 saturated heterocycles. The van der Waals surface area contributed by atoms with Crippen molar-refractivity contribution in [3.8, 4) is 0 Å². The van der Waals surface area contributed by atoms with Gasteiger partial charge in [0.25, 0.3) is 0 Å². The third kappa shape index (κ3) is 1.12. The van der Waals surface area contributed by atoms with Gasteiger partial charge in [0.2, 0.25) is 0 Å². The molecule has 2 aliphatic rings. The van der Waals surface area contributed by atoms with Gasteiger partial charge < -0.3 is 0 Å². The minimum absolute atomic E-state index is 1.06. The minimum atomic E-state index is 1.06. The van der Waals surface area contributed by atoms with Gasteiger partial charge in [-0.05, 0) is 44.4 Å². The van der Waals surface area contributed by atoms with Crippen LogP contribution in [-0.2, 0) is 0 Å². The predicted molar refractivity (Wildman–Crippen MR) is 53.0 cm³/mol. The molecule has 0 N–H and O–H groups in total. The highest BCUT2D eigenvalue weighted by Crippen LogP contribution is 2.66. The van der Waals surface area contributed by atoms with Crippen LogP contribution in [0.5, 0.6) is 0 Å². The summed E-state index contributed by atoms with van der Waals surface area (Å²) in [6.45, 7) is 6.85. The van der Waals surface area contributed by atoms with Gasteiger partial charge in [0.15, 0.2) is 0 Å². The van der Waals surface area contributed by atoms with Crippen molar-refractivity contribution in [2.24, 2.45) is 17.8 Å². The van der Waals surface area contributed by atoms with Crippen LogP contribution in [0.4, 0.5) is 0 Å². The molecule has 12 heavy (non-hydrogen) atoms. The molecular weight excluding hydrogens is 144 g/mol. The number of hydrogen-bond donors (Lipinski definition) is 0. The molecule has 2 aliphatic carbocycles. The first-order chi connectivity index (χ1) is 5.75. The van der Waals surface area contributed by atoms with Gasteiger partial charge in [0.1, 0.15) is 0 Å². The molecule has 0 nitrogen and oxygen atoms in total. The quantitative estimate of drug-likeness (QED) is 0.557. The molecule has 0 spiro atoms. The maximum atomic E-state index is 2.30. The third-order valence-corrected chi connectivity index (χ3v) is 3.72. The normalized spacial score (nSPS) is 37.2. The van der Waals surface area contributed by atoms with E-state index in [2.05, 4.69) is 20.8 Å². The molecule has 3 unspecified atom stereocenters. The molecule has 2 rings (SSSR count). The Morgan fingerprint density at radius 2 is 2.17 bits per heavy atom. The van der Waals surface area contributed by atoms with Crippen LogP contribution >= 0.6 is 0 Å². The number of allylic oxidation sites excluding steroid dienone is 2. The van der Waals surface area contributed by atoms with Crippen molar-refractivity contribution in [1.82, 2.24) is 0 Å². The Bertz CT molecular complexity index is 208. The fraction of sp³-hybridized carbons (Fsp3) is 0.833. The monoisotopic (exact) mass is 164 g/mol. The maximum absolute atomic E-state index is 2.30. The molecule has 0 heteroatoms. The highest BCUT2D eigenvalue weighted by Gasteiger charge is 2.58. The van der Waals surface area contributed by atoms with Gasteiger partial charge in [-0.3, -0.25) is 0 Å². The lowest BCUT2D eigenvalue weighted by atomic mass is 9.89. The molecular formula is C12H20. The Balaban J connectivity index is 1.84. The topological polar surface area (TPSA) is 0 Å². The van der Waals surface area contributed by atoms with Crippen molar-refractivity contribution in [2.75, 3.05) is 0 Å². The first-order valence-electron chi connectivity index (χ1n) is 5.42. The van der Waals surface area contributed by atoms with E-state index in [1.54, 1.807) is 11.1 Å². The molecule has 2 fully saturated rings. The van der Waals surface area contributed by atoms with E-state index in [4.69, 9.17) is 0 Å². The van der Waals surface area contributed by atoms with Gasteiger partial charge in [-0.2, -0.15) is 0 Å². The van der Waals surface area contributed by atoms with Gasteiger partial charge in [0, 0.05) is 0 Å². The molecule has 2 saturated carbocycles. The fourth-order valence-corrected chi connectivity index (χ4v) is 2.84. The summed E-state index contributed by atoms with van der Waals surface area (Å²) in [4.78, 5) is 0. The molecule has 3 atom stereocenters. The van der Waals surface area contributed by atoms with Crippen molar-refractivity contribution < 1.29 is 0 Å². The maximum Gasteiger partial charge on any atom is -0.0135 e. The van der Waals surface area contributed by atoms with Gasteiger partial charge in [-0.25, -0.2) is 0 Å². The summed E-state index contributed by atoms with van der Waals surface area (Å²) in [5.41, 5.74) is 3.41. The number of rotatable bonds is 3. The largest absolute Gasteiger partial charge is 0.0769 e. The number of hydrogen-bond acceptors (Lipinski definition) is 0. The Morgan fingerprint density at radius 1 is 1.42 bits per heavy atom. The van der Waals surface area contributed by atoms with Crippen LogP contribution in [-0.4, -0.2) is 0 Å². The lowest BCUT2D eigenvalue weighted by Crippen LogP contribution is -2.03. The van der Waals surface area contributed by atoms with Crippen molar-refractivity contribution in [3.63, 3.8) is 0 Å². The van der Waals surface area contributed by atoms with Crippen LogP contribution in [0.1, 0.15) is 46.5 Å². The number of fused-ring (bicyclic) bond motifs is 1. The van der Waals surface area contributed by atoms with Gasteiger partial charge in [-0.15, -0.1) is 0 Å². The molecule has 0 amide bonds. The standard InChI is InChI=1S/C12H20/c1-4-5-6-9-11-7-10(8(2)3)12(9)11/h9,11-12H,4-7H2,1-3H3. The van der Waals surface area contributed by atoms with Crippen molar-refractivity contribution in [3.05, 3.63) is 11.1 Å². The lowest BCUT2D eigenvalue weighted by molar-refractivity contribution is 0.597. The average molecular weight is 164 g/mol. The highest BCUT2D eigenvalue weighted by atomic mass is 14.6. The minimum Gasteiger partial charge on any atom is -0.0769 e. The van der Waals surface area contributed by atoms with E-state index in [0.29, 0.717) is 0 Å². The second kappa shape index (κ2) is 2.90. The third-order valence-electron chi connectivity index (χ3n) is 3.72. The van der Waals surface area contributed by atoms with Gasteiger partial charge in [-0.1, -0.05) is 30.9 Å². The number of unbranched alkanes of at least 4 members (excludes halogenated alkanes) is 1. The fourth-order valence-electron chi connectivity index (χ4n) is 2.84. The molecule has 0 aromatic carbocycles. The van der Waals surface area contributed by atoms with Crippen LogP contribution < -0.4 is 0 Å². The van der Waals surface area contributed by atoms with E-state index < -0.39 is 0 Å². The first-order valence-corrected chi connectivity index (χ1v) is 5.42. The summed E-state index contributed by atoms with van der Waals surface area (Å²) in [6.07, 6.45) is 5.78. The van der Waals surface area contributed by atoms with E-state index >= 15 is 0 Å². The zero-order chi connectivity index (χ0) is 8.72. The van der Waals surface area contributed by atoms with Crippen LogP contribution in [0.15, 0.2) is 11.1 Å². The predicted octanol–water partition coefficient (Wildman–Crippen LogP) is 3.78. The Kier molecular flexibility index (Phi) is 2.02. The van der Waals surface area contributed by atoms with E-state index in [1.165, 1.54) is 25.7 Å². The Hall–Kier alpha value is -0.260. The summed E-state index contributed by atoms with van der Waals surface area (Å²) in [6, 6.07) is 0. The van der Waals surface area contributed by atoms with E-state index in [1.807, 2.05) is 0 Å². The zero-order valence-corrected chi connectivity index (χ0v) is 8.56. The summed E-state index contributed by atoms with van der Waals surface area (Å²) >= 11 is 0. The summed E-state index contributed by atoms with van der Waals surface area (Å²) in [7, 11) is 0. The van der Waals surface area contributed by atoms with Crippen molar-refractivity contribution >= 4 is 0 Å². The Labute approximate surface area is 76.1 Å². The second-order valence-electron chi connectivity index (χ2n) is 4.73. The summed E-state index contributed by atoms with van der Waals surface area (Å²) in [5, 5.41) is 0. The molecule has 0 aromatic heterocycles. The second-order valence-corrected chi connectivity index (χ2v) is 4.73. The van der Waals surface area contributed by atoms with Crippen LogP contribution in [0.25, 0.3) is 0 Å². The van der Waals surface area contributed by atoms with Crippen molar-refractivity contribution in [2.45, 2.75) is 46.5 Å².